The Morgan fingerprint density at radius 2 is 2.41 bits per heavy atom. The van der Waals surface area contributed by atoms with Crippen molar-refractivity contribution in [2.75, 3.05) is 11.9 Å². The number of benzene rings is 1. The SMILES string of the molecule is Cn1ncc(COc2cccc3c2NCC3)n1. The van der Waals surface area contributed by atoms with Crippen LogP contribution in [0, 0.1) is 0 Å². The van der Waals surface area contributed by atoms with Crippen LogP contribution >= 0.6 is 0 Å². The molecule has 0 aliphatic carbocycles. The first kappa shape index (κ1) is 10.1. The molecular formula is C12H14N4O. The van der Waals surface area contributed by atoms with Crippen molar-refractivity contribution in [3.05, 3.63) is 35.7 Å². The van der Waals surface area contributed by atoms with Gasteiger partial charge in [0, 0.05) is 13.6 Å². The fraction of sp³-hybridized carbons (Fsp3) is 0.333. The molecule has 1 aromatic heterocycles. The average molecular weight is 230 g/mol. The number of nitrogens with one attached hydrogen (secondary N) is 1. The predicted octanol–water partition coefficient (Wildman–Crippen LogP) is 1.36. The zero-order valence-corrected chi connectivity index (χ0v) is 9.68. The highest BCUT2D eigenvalue weighted by Gasteiger charge is 2.14. The van der Waals surface area contributed by atoms with Gasteiger partial charge in [0.25, 0.3) is 0 Å². The fourth-order valence-corrected chi connectivity index (χ4v) is 2.03. The molecular weight excluding hydrogens is 216 g/mol. The highest BCUT2D eigenvalue weighted by molar-refractivity contribution is 5.65. The van der Waals surface area contributed by atoms with Gasteiger partial charge in [-0.2, -0.15) is 15.0 Å². The number of ether oxygens (including phenoxy) is 1. The number of anilines is 1. The topological polar surface area (TPSA) is 52.0 Å². The molecule has 0 atom stereocenters. The summed E-state index contributed by atoms with van der Waals surface area (Å²) in [5.74, 6) is 0.894. The molecule has 1 aromatic carbocycles. The Balaban J connectivity index is 1.75. The van der Waals surface area contributed by atoms with Gasteiger partial charge in [0.1, 0.15) is 18.1 Å². The van der Waals surface area contributed by atoms with E-state index in [2.05, 4.69) is 21.6 Å². The van der Waals surface area contributed by atoms with E-state index in [-0.39, 0.29) is 0 Å². The van der Waals surface area contributed by atoms with Crippen molar-refractivity contribution in [1.29, 1.82) is 0 Å². The first-order valence-electron chi connectivity index (χ1n) is 5.67. The summed E-state index contributed by atoms with van der Waals surface area (Å²) in [6, 6.07) is 6.13. The van der Waals surface area contributed by atoms with Crippen molar-refractivity contribution in [1.82, 2.24) is 15.0 Å². The quantitative estimate of drug-likeness (QED) is 0.865. The molecule has 2 heterocycles. The van der Waals surface area contributed by atoms with Crippen LogP contribution in [0.3, 0.4) is 0 Å². The Labute approximate surface area is 99.4 Å². The largest absolute Gasteiger partial charge is 0.485 e. The van der Waals surface area contributed by atoms with Crippen LogP contribution in [-0.4, -0.2) is 21.5 Å². The van der Waals surface area contributed by atoms with Gasteiger partial charge in [-0.3, -0.25) is 0 Å². The first-order valence-corrected chi connectivity index (χ1v) is 5.67. The minimum atomic E-state index is 0.450. The zero-order chi connectivity index (χ0) is 11.7. The van der Waals surface area contributed by atoms with Gasteiger partial charge in [0.05, 0.1) is 11.9 Å². The Bertz CT molecular complexity index is 535. The second kappa shape index (κ2) is 4.08. The number of aryl methyl sites for hydroxylation is 1. The van der Waals surface area contributed by atoms with Crippen LogP contribution in [0.4, 0.5) is 5.69 Å². The maximum atomic E-state index is 5.77. The summed E-state index contributed by atoms with van der Waals surface area (Å²) in [7, 11) is 1.80. The molecule has 2 aromatic rings. The highest BCUT2D eigenvalue weighted by atomic mass is 16.5. The van der Waals surface area contributed by atoms with Gasteiger partial charge in [0.2, 0.25) is 0 Å². The van der Waals surface area contributed by atoms with Crippen LogP contribution in [0.1, 0.15) is 11.3 Å². The van der Waals surface area contributed by atoms with E-state index in [9.17, 15) is 0 Å². The van der Waals surface area contributed by atoms with E-state index in [1.807, 2.05) is 12.1 Å². The third kappa shape index (κ3) is 1.95. The predicted molar refractivity (Wildman–Crippen MR) is 64.0 cm³/mol. The van der Waals surface area contributed by atoms with Crippen LogP contribution in [-0.2, 0) is 20.1 Å². The van der Waals surface area contributed by atoms with E-state index in [1.54, 1.807) is 13.2 Å². The van der Waals surface area contributed by atoms with Crippen LogP contribution in [0.15, 0.2) is 24.4 Å². The molecule has 1 aliphatic heterocycles. The number of fused-ring (bicyclic) bond motifs is 1. The van der Waals surface area contributed by atoms with Gasteiger partial charge in [0.15, 0.2) is 0 Å². The lowest BCUT2D eigenvalue weighted by atomic mass is 10.1. The van der Waals surface area contributed by atoms with Crippen molar-refractivity contribution in [2.45, 2.75) is 13.0 Å². The second-order valence-electron chi connectivity index (χ2n) is 4.08. The Kier molecular flexibility index (Phi) is 2.44. The van der Waals surface area contributed by atoms with Gasteiger partial charge in [-0.15, -0.1) is 0 Å². The number of aromatic nitrogens is 3. The number of para-hydroxylation sites is 1. The van der Waals surface area contributed by atoms with E-state index < -0.39 is 0 Å². The Morgan fingerprint density at radius 1 is 1.47 bits per heavy atom. The van der Waals surface area contributed by atoms with E-state index in [0.29, 0.717) is 6.61 Å². The van der Waals surface area contributed by atoms with E-state index in [0.717, 1.165) is 30.1 Å². The van der Waals surface area contributed by atoms with Crippen LogP contribution in [0.5, 0.6) is 5.75 Å². The first-order chi connectivity index (χ1) is 8.33. The van der Waals surface area contributed by atoms with Crippen LogP contribution in [0.2, 0.25) is 0 Å². The molecule has 0 saturated heterocycles. The van der Waals surface area contributed by atoms with Crippen molar-refractivity contribution in [3.8, 4) is 5.75 Å². The number of rotatable bonds is 3. The summed E-state index contributed by atoms with van der Waals surface area (Å²) < 4.78 is 5.77. The lowest BCUT2D eigenvalue weighted by Gasteiger charge is -2.09. The third-order valence-corrected chi connectivity index (χ3v) is 2.83. The third-order valence-electron chi connectivity index (χ3n) is 2.83. The molecule has 0 bridgehead atoms. The minimum Gasteiger partial charge on any atom is -0.485 e. The van der Waals surface area contributed by atoms with Gasteiger partial charge < -0.3 is 10.1 Å². The number of hydrogen-bond donors (Lipinski definition) is 1. The van der Waals surface area contributed by atoms with Crippen molar-refractivity contribution >= 4 is 5.69 Å². The molecule has 1 aliphatic rings. The van der Waals surface area contributed by atoms with Gasteiger partial charge in [-0.05, 0) is 18.1 Å². The second-order valence-corrected chi connectivity index (χ2v) is 4.08. The van der Waals surface area contributed by atoms with Gasteiger partial charge >= 0.3 is 0 Å². The molecule has 0 fully saturated rings. The van der Waals surface area contributed by atoms with Crippen molar-refractivity contribution < 1.29 is 4.74 Å². The standard InChI is InChI=1S/C12H14N4O/c1-16-14-7-10(15-16)8-17-11-4-2-3-9-5-6-13-12(9)11/h2-4,7,13H,5-6,8H2,1H3. The van der Waals surface area contributed by atoms with Gasteiger partial charge in [-0.1, -0.05) is 12.1 Å². The Hall–Kier alpha value is -2.04. The molecule has 88 valence electrons. The molecule has 0 saturated carbocycles. The molecule has 0 radical (unpaired) electrons. The molecule has 3 rings (SSSR count). The maximum absolute atomic E-state index is 5.77. The molecule has 5 nitrogen and oxygen atoms in total. The summed E-state index contributed by atoms with van der Waals surface area (Å²) in [5.41, 5.74) is 3.28. The molecule has 1 N–H and O–H groups in total. The summed E-state index contributed by atoms with van der Waals surface area (Å²) in [5, 5.41) is 11.5. The number of nitrogens with zero attached hydrogens (tertiary/aromatic N) is 3. The number of hydrogen-bond acceptors (Lipinski definition) is 4. The lowest BCUT2D eigenvalue weighted by Crippen LogP contribution is -2.00. The molecule has 17 heavy (non-hydrogen) atoms. The molecule has 5 heteroatoms. The Morgan fingerprint density at radius 3 is 3.24 bits per heavy atom. The van der Waals surface area contributed by atoms with Crippen molar-refractivity contribution in [2.24, 2.45) is 7.05 Å². The van der Waals surface area contributed by atoms with E-state index in [1.165, 1.54) is 10.4 Å². The van der Waals surface area contributed by atoms with Crippen LogP contribution < -0.4 is 10.1 Å². The average Bonchev–Trinajstić information content (AvgIpc) is 2.94. The summed E-state index contributed by atoms with van der Waals surface area (Å²) in [6.07, 6.45) is 2.79. The summed E-state index contributed by atoms with van der Waals surface area (Å²) in [6.45, 7) is 1.44. The van der Waals surface area contributed by atoms with Crippen molar-refractivity contribution in [3.63, 3.8) is 0 Å². The normalized spacial score (nSPS) is 13.2. The zero-order valence-electron chi connectivity index (χ0n) is 9.68. The summed E-state index contributed by atoms with van der Waals surface area (Å²) in [4.78, 5) is 1.53. The summed E-state index contributed by atoms with van der Waals surface area (Å²) >= 11 is 0. The van der Waals surface area contributed by atoms with E-state index in [4.69, 9.17) is 4.74 Å². The highest BCUT2D eigenvalue weighted by Crippen LogP contribution is 2.32. The molecule has 0 amide bonds. The lowest BCUT2D eigenvalue weighted by molar-refractivity contribution is 0.301. The molecule has 0 spiro atoms. The fourth-order valence-electron chi connectivity index (χ4n) is 2.03. The monoisotopic (exact) mass is 230 g/mol. The van der Waals surface area contributed by atoms with Crippen LogP contribution in [0.25, 0.3) is 0 Å². The molecule has 0 unspecified atom stereocenters. The smallest absolute Gasteiger partial charge is 0.143 e. The van der Waals surface area contributed by atoms with E-state index >= 15 is 0 Å². The van der Waals surface area contributed by atoms with Gasteiger partial charge in [-0.25, -0.2) is 0 Å². The maximum Gasteiger partial charge on any atom is 0.143 e. The minimum absolute atomic E-state index is 0.450.